The zero-order valence-electron chi connectivity index (χ0n) is 21.3. The molecule has 6 N–H and O–H groups in total. The number of benzene rings is 2. The molecule has 0 aliphatic heterocycles. The summed E-state index contributed by atoms with van der Waals surface area (Å²) < 4.78 is 19.5. The Labute approximate surface area is 227 Å². The normalized spacial score (nSPS) is 11.3. The second-order valence-electron chi connectivity index (χ2n) is 7.87. The number of aromatic hydroxyl groups is 1. The molecule has 0 saturated heterocycles. The number of methoxy groups -OCH3 is 2. The molecular formula is C25H27N5O8S. The number of rotatable bonds is 11. The van der Waals surface area contributed by atoms with Crippen LogP contribution in [0, 0.1) is 0 Å². The molecule has 0 aliphatic carbocycles. The third kappa shape index (κ3) is 6.35. The number of ether oxygens (including phenoxy) is 3. The van der Waals surface area contributed by atoms with E-state index in [0.29, 0.717) is 17.3 Å². The molecule has 13 nitrogen and oxygen atoms in total. The summed E-state index contributed by atoms with van der Waals surface area (Å²) in [5.74, 6) is -2.63. The number of carbonyl (C=O) groups excluding carboxylic acids is 4. The van der Waals surface area contributed by atoms with E-state index in [9.17, 15) is 24.3 Å². The van der Waals surface area contributed by atoms with E-state index in [0.717, 1.165) is 4.90 Å². The fourth-order valence-electron chi connectivity index (χ4n) is 3.64. The number of hydrogen-bond donors (Lipinski definition) is 4. The molecule has 0 bridgehead atoms. The van der Waals surface area contributed by atoms with Gasteiger partial charge in [-0.3, -0.25) is 24.1 Å². The number of hydrogen-bond acceptors (Lipinski definition) is 11. The van der Waals surface area contributed by atoms with E-state index in [1.165, 1.54) is 56.7 Å². The molecule has 206 valence electrons. The van der Waals surface area contributed by atoms with Gasteiger partial charge in [-0.25, -0.2) is 0 Å². The summed E-state index contributed by atoms with van der Waals surface area (Å²) in [5, 5.41) is 12.3. The summed E-state index contributed by atoms with van der Waals surface area (Å²) >= 11 is 0.636. The second-order valence-corrected chi connectivity index (χ2v) is 8.64. The fourth-order valence-corrected chi connectivity index (χ4v) is 4.38. The number of phenolic OH excluding ortho intramolecular Hbond substituents is 1. The molecule has 39 heavy (non-hydrogen) atoms. The largest absolute Gasteiger partial charge is 0.508 e. The van der Waals surface area contributed by atoms with Gasteiger partial charge in [0, 0.05) is 11.8 Å². The molecule has 0 saturated carbocycles. The number of nitrogens with two attached hydrogens (primary N) is 2. The maximum Gasteiger partial charge on any atom is 0.325 e. The van der Waals surface area contributed by atoms with Crippen molar-refractivity contribution in [2.75, 3.05) is 38.0 Å². The number of nitrogen functional groups attached to an aromatic ring is 1. The lowest BCUT2D eigenvalue weighted by atomic mass is 10.0. The summed E-state index contributed by atoms with van der Waals surface area (Å²) in [5.41, 5.74) is 11.3. The first-order valence-corrected chi connectivity index (χ1v) is 12.2. The Balaban J connectivity index is 2.22. The van der Waals surface area contributed by atoms with E-state index in [-0.39, 0.29) is 45.6 Å². The predicted octanol–water partition coefficient (Wildman–Crippen LogP) is 1.61. The molecule has 3 rings (SSSR count). The number of phenols is 1. The van der Waals surface area contributed by atoms with Crippen LogP contribution in [-0.4, -0.2) is 60.5 Å². The third-order valence-corrected chi connectivity index (χ3v) is 6.30. The maximum atomic E-state index is 14.1. The van der Waals surface area contributed by atoms with Crippen molar-refractivity contribution >= 4 is 46.6 Å². The van der Waals surface area contributed by atoms with E-state index < -0.39 is 36.3 Å². The van der Waals surface area contributed by atoms with Crippen LogP contribution in [0.25, 0.3) is 0 Å². The number of nitrogens with zero attached hydrogens (tertiary/aromatic N) is 2. The number of carbonyl (C=O) groups is 4. The van der Waals surface area contributed by atoms with Gasteiger partial charge in [-0.15, -0.1) is 0 Å². The highest BCUT2D eigenvalue weighted by Crippen LogP contribution is 2.38. The van der Waals surface area contributed by atoms with Gasteiger partial charge in [0.25, 0.3) is 11.8 Å². The number of amides is 3. The van der Waals surface area contributed by atoms with Gasteiger partial charge in [0.05, 0.1) is 26.5 Å². The predicted molar refractivity (Wildman–Crippen MR) is 142 cm³/mol. The summed E-state index contributed by atoms with van der Waals surface area (Å²) in [6.07, 6.45) is 0. The minimum absolute atomic E-state index is 0.0776. The minimum Gasteiger partial charge on any atom is -0.508 e. The van der Waals surface area contributed by atoms with E-state index in [4.69, 9.17) is 25.7 Å². The second kappa shape index (κ2) is 12.6. The molecule has 1 unspecified atom stereocenters. The molecular weight excluding hydrogens is 530 g/mol. The van der Waals surface area contributed by atoms with E-state index in [1.54, 1.807) is 6.92 Å². The molecule has 1 heterocycles. The zero-order valence-corrected chi connectivity index (χ0v) is 22.1. The average molecular weight is 558 g/mol. The van der Waals surface area contributed by atoms with Gasteiger partial charge in [0.15, 0.2) is 17.2 Å². The average Bonchev–Trinajstić information content (AvgIpc) is 3.32. The summed E-state index contributed by atoms with van der Waals surface area (Å²) in [6, 6.07) is 8.67. The van der Waals surface area contributed by atoms with Gasteiger partial charge >= 0.3 is 5.97 Å². The Morgan fingerprint density at radius 2 is 1.74 bits per heavy atom. The lowest BCUT2D eigenvalue weighted by Crippen LogP contribution is -2.45. The van der Waals surface area contributed by atoms with Gasteiger partial charge in [-0.05, 0) is 48.3 Å². The topological polar surface area (TPSA) is 196 Å². The highest BCUT2D eigenvalue weighted by molar-refractivity contribution is 7.09. The third-order valence-electron chi connectivity index (χ3n) is 5.45. The van der Waals surface area contributed by atoms with Crippen molar-refractivity contribution in [3.05, 3.63) is 58.6 Å². The van der Waals surface area contributed by atoms with Crippen LogP contribution in [0.3, 0.4) is 0 Å². The summed E-state index contributed by atoms with van der Waals surface area (Å²) in [7, 11) is 2.84. The van der Waals surface area contributed by atoms with Gasteiger partial charge in [-0.1, -0.05) is 12.1 Å². The van der Waals surface area contributed by atoms with Crippen molar-refractivity contribution in [3.8, 4) is 17.2 Å². The quantitative estimate of drug-likeness (QED) is 0.251. The lowest BCUT2D eigenvalue weighted by Gasteiger charge is -2.31. The van der Waals surface area contributed by atoms with Gasteiger partial charge in [0.1, 0.15) is 23.2 Å². The highest BCUT2D eigenvalue weighted by atomic mass is 32.1. The molecule has 1 atom stereocenters. The Kier molecular flexibility index (Phi) is 9.28. The number of nitrogens with one attached hydrogen (secondary N) is 1. The maximum absolute atomic E-state index is 14.1. The van der Waals surface area contributed by atoms with Crippen LogP contribution in [0.15, 0.2) is 42.5 Å². The number of esters is 1. The van der Waals surface area contributed by atoms with Gasteiger partial charge in [0.2, 0.25) is 5.91 Å². The fraction of sp³-hybridized carbons (Fsp3) is 0.240. The van der Waals surface area contributed by atoms with Crippen LogP contribution in [0.2, 0.25) is 0 Å². The minimum atomic E-state index is -1.40. The number of anilines is 2. The van der Waals surface area contributed by atoms with E-state index in [2.05, 4.69) is 9.69 Å². The molecule has 0 fully saturated rings. The van der Waals surface area contributed by atoms with Gasteiger partial charge < -0.3 is 36.1 Å². The highest BCUT2D eigenvalue weighted by Gasteiger charge is 2.36. The van der Waals surface area contributed by atoms with E-state index >= 15 is 0 Å². The van der Waals surface area contributed by atoms with Crippen LogP contribution in [-0.2, 0) is 14.3 Å². The first-order chi connectivity index (χ1) is 18.6. The molecule has 1 aromatic heterocycles. The Bertz CT molecular complexity index is 1380. The summed E-state index contributed by atoms with van der Waals surface area (Å²) in [6.45, 7) is 1.26. The van der Waals surface area contributed by atoms with Crippen LogP contribution >= 0.6 is 11.5 Å². The molecule has 14 heteroatoms. The van der Waals surface area contributed by atoms with Crippen molar-refractivity contribution in [1.82, 2.24) is 9.69 Å². The zero-order chi connectivity index (χ0) is 28.7. The Hall–Kier alpha value is -4.85. The molecule has 0 spiro atoms. The standard InChI is InChI=1S/C25H27N5O8S/c1-4-38-18(32)12-28-24(34)21(13-5-8-15(31)9-6-13)30(14-7-10-16(36-2)17(11-14)37-3)25(35)22-19(26)20(23(27)33)29-39-22/h5-11,21,31H,4,12,26H2,1-3H3,(H2,27,33)(H,28,34). The van der Waals surface area contributed by atoms with Gasteiger partial charge in [-0.2, -0.15) is 4.37 Å². The Morgan fingerprint density at radius 1 is 1.08 bits per heavy atom. The van der Waals surface area contributed by atoms with Crippen molar-refractivity contribution in [1.29, 1.82) is 0 Å². The SMILES string of the molecule is CCOC(=O)CNC(=O)C(c1ccc(O)cc1)N(C(=O)c1snc(C(N)=O)c1N)c1ccc(OC)c(OC)c1. The van der Waals surface area contributed by atoms with Crippen molar-refractivity contribution in [2.45, 2.75) is 13.0 Å². The molecule has 2 aromatic carbocycles. The monoisotopic (exact) mass is 557 g/mol. The number of primary amides is 1. The van der Waals surface area contributed by atoms with Crippen molar-refractivity contribution in [2.24, 2.45) is 5.73 Å². The molecule has 0 aliphatic rings. The van der Waals surface area contributed by atoms with Crippen LogP contribution < -0.4 is 31.2 Å². The van der Waals surface area contributed by atoms with Crippen LogP contribution in [0.5, 0.6) is 17.2 Å². The van der Waals surface area contributed by atoms with Crippen molar-refractivity contribution < 1.29 is 38.5 Å². The van der Waals surface area contributed by atoms with Crippen LogP contribution in [0.4, 0.5) is 11.4 Å². The molecule has 3 aromatic rings. The first kappa shape index (κ1) is 28.7. The van der Waals surface area contributed by atoms with E-state index in [1.807, 2.05) is 0 Å². The van der Waals surface area contributed by atoms with Crippen LogP contribution in [0.1, 0.15) is 38.7 Å². The lowest BCUT2D eigenvalue weighted by molar-refractivity contribution is -0.143. The Morgan fingerprint density at radius 3 is 2.31 bits per heavy atom. The molecule has 3 amide bonds. The van der Waals surface area contributed by atoms with Crippen molar-refractivity contribution in [3.63, 3.8) is 0 Å². The first-order valence-electron chi connectivity index (χ1n) is 11.5. The molecule has 0 radical (unpaired) electrons. The number of aromatic nitrogens is 1. The summed E-state index contributed by atoms with van der Waals surface area (Å²) in [4.78, 5) is 52.3. The smallest absolute Gasteiger partial charge is 0.325 e.